The van der Waals surface area contributed by atoms with Crippen molar-refractivity contribution in [2.24, 2.45) is 5.73 Å². The number of carbonyl (C=O) groups excluding carboxylic acids is 1. The zero-order valence-corrected chi connectivity index (χ0v) is 9.29. The van der Waals surface area contributed by atoms with Crippen LogP contribution in [-0.2, 0) is 4.74 Å². The standard InChI is InChI=1S/C6H6.C4H8N2O2S/c1-2-4-6-5-3-1;1-2-8-4(7)6-3(5)9/h1-6H;2H2,1H3,(H3,5,6,7,9). The van der Waals surface area contributed by atoms with Crippen molar-refractivity contribution >= 4 is 23.4 Å². The Bertz CT molecular complexity index is 264. The summed E-state index contributed by atoms with van der Waals surface area (Å²) in [5.74, 6) is 0. The van der Waals surface area contributed by atoms with E-state index in [9.17, 15) is 4.79 Å². The number of ether oxygens (including phenoxy) is 1. The Morgan fingerprint density at radius 3 is 1.93 bits per heavy atom. The van der Waals surface area contributed by atoms with Gasteiger partial charge in [-0.05, 0) is 19.1 Å². The number of nitrogens with two attached hydrogens (primary N) is 1. The summed E-state index contributed by atoms with van der Waals surface area (Å²) in [5, 5.41) is 2.02. The Morgan fingerprint density at radius 1 is 1.27 bits per heavy atom. The summed E-state index contributed by atoms with van der Waals surface area (Å²) in [7, 11) is 0. The molecule has 3 N–H and O–H groups in total. The molecule has 1 aromatic rings. The molecule has 0 aliphatic carbocycles. The van der Waals surface area contributed by atoms with Gasteiger partial charge >= 0.3 is 6.09 Å². The van der Waals surface area contributed by atoms with Crippen LogP contribution in [0.3, 0.4) is 0 Å². The highest BCUT2D eigenvalue weighted by Crippen LogP contribution is 1.79. The lowest BCUT2D eigenvalue weighted by molar-refractivity contribution is 0.158. The second-order valence-corrected chi connectivity index (χ2v) is 2.80. The maximum absolute atomic E-state index is 10.4. The van der Waals surface area contributed by atoms with Crippen LogP contribution >= 0.6 is 12.2 Å². The number of amides is 1. The summed E-state index contributed by atoms with van der Waals surface area (Å²) in [5.41, 5.74) is 4.94. The molecule has 0 saturated carbocycles. The lowest BCUT2D eigenvalue weighted by Gasteiger charge is -2.00. The van der Waals surface area contributed by atoms with Crippen LogP contribution in [0.1, 0.15) is 6.92 Å². The molecule has 0 spiro atoms. The van der Waals surface area contributed by atoms with E-state index >= 15 is 0 Å². The third kappa shape index (κ3) is 10.3. The molecule has 0 unspecified atom stereocenters. The van der Waals surface area contributed by atoms with Gasteiger partial charge in [-0.2, -0.15) is 0 Å². The first-order valence-electron chi connectivity index (χ1n) is 4.40. The van der Waals surface area contributed by atoms with Crippen molar-refractivity contribution in [2.45, 2.75) is 6.92 Å². The SMILES string of the molecule is CCOC(=O)NC(N)=S.c1ccccc1. The number of alkyl carbamates (subject to hydrolysis) is 1. The number of benzene rings is 1. The van der Waals surface area contributed by atoms with E-state index in [2.05, 4.69) is 22.3 Å². The zero-order chi connectivity index (χ0) is 11.5. The average Bonchev–Trinajstić information content (AvgIpc) is 2.20. The summed E-state index contributed by atoms with van der Waals surface area (Å²) in [4.78, 5) is 10.4. The Labute approximate surface area is 94.4 Å². The van der Waals surface area contributed by atoms with Gasteiger partial charge in [-0.25, -0.2) is 4.79 Å². The molecule has 1 aromatic carbocycles. The lowest BCUT2D eigenvalue weighted by Crippen LogP contribution is -2.35. The molecule has 1 amide bonds. The molecule has 0 radical (unpaired) electrons. The molecular weight excluding hydrogens is 212 g/mol. The fraction of sp³-hybridized carbons (Fsp3) is 0.200. The monoisotopic (exact) mass is 226 g/mol. The molecule has 82 valence electrons. The topological polar surface area (TPSA) is 64.3 Å². The Hall–Kier alpha value is -1.62. The smallest absolute Gasteiger partial charge is 0.413 e. The fourth-order valence-electron chi connectivity index (χ4n) is 0.653. The third-order valence-corrected chi connectivity index (χ3v) is 1.27. The largest absolute Gasteiger partial charge is 0.450 e. The maximum atomic E-state index is 10.4. The predicted molar refractivity (Wildman–Crippen MR) is 63.4 cm³/mol. The molecule has 0 saturated heterocycles. The van der Waals surface area contributed by atoms with Crippen molar-refractivity contribution in [3.05, 3.63) is 36.4 Å². The first-order valence-corrected chi connectivity index (χ1v) is 4.81. The molecule has 5 heteroatoms. The molecular formula is C10H14N2O2S. The number of thiocarbonyl (C=S) groups is 1. The molecule has 4 nitrogen and oxygen atoms in total. The highest BCUT2D eigenvalue weighted by Gasteiger charge is 1.98. The van der Waals surface area contributed by atoms with Gasteiger partial charge < -0.3 is 10.5 Å². The van der Waals surface area contributed by atoms with Crippen LogP contribution in [0, 0.1) is 0 Å². The van der Waals surface area contributed by atoms with Crippen LogP contribution in [0.2, 0.25) is 0 Å². The van der Waals surface area contributed by atoms with E-state index in [0.717, 1.165) is 0 Å². The first-order chi connectivity index (χ1) is 7.16. The summed E-state index contributed by atoms with van der Waals surface area (Å²) in [6, 6.07) is 12.0. The summed E-state index contributed by atoms with van der Waals surface area (Å²) >= 11 is 4.35. The molecule has 0 fully saturated rings. The van der Waals surface area contributed by atoms with Crippen LogP contribution in [0.15, 0.2) is 36.4 Å². The van der Waals surface area contributed by atoms with E-state index in [4.69, 9.17) is 5.73 Å². The van der Waals surface area contributed by atoms with Crippen molar-refractivity contribution in [3.8, 4) is 0 Å². The number of rotatable bonds is 1. The van der Waals surface area contributed by atoms with Gasteiger partial charge in [0, 0.05) is 0 Å². The van der Waals surface area contributed by atoms with E-state index in [-0.39, 0.29) is 5.11 Å². The number of hydrogen-bond donors (Lipinski definition) is 2. The Kier molecular flexibility index (Phi) is 7.99. The normalized spacial score (nSPS) is 8.07. The van der Waals surface area contributed by atoms with Crippen molar-refractivity contribution < 1.29 is 9.53 Å². The molecule has 0 bridgehead atoms. The summed E-state index contributed by atoms with van der Waals surface area (Å²) in [6.07, 6.45) is -0.606. The number of hydrogen-bond acceptors (Lipinski definition) is 3. The van der Waals surface area contributed by atoms with E-state index < -0.39 is 6.09 Å². The van der Waals surface area contributed by atoms with Gasteiger partial charge in [0.15, 0.2) is 5.11 Å². The van der Waals surface area contributed by atoms with E-state index in [0.29, 0.717) is 6.61 Å². The summed E-state index contributed by atoms with van der Waals surface area (Å²) < 4.78 is 4.44. The molecule has 15 heavy (non-hydrogen) atoms. The van der Waals surface area contributed by atoms with E-state index in [1.165, 1.54) is 0 Å². The molecule has 1 rings (SSSR count). The minimum Gasteiger partial charge on any atom is -0.450 e. The van der Waals surface area contributed by atoms with E-state index in [1.54, 1.807) is 6.92 Å². The molecule has 0 atom stereocenters. The lowest BCUT2D eigenvalue weighted by atomic mass is 10.4. The van der Waals surface area contributed by atoms with Crippen molar-refractivity contribution in [3.63, 3.8) is 0 Å². The molecule has 0 heterocycles. The minimum atomic E-state index is -0.606. The van der Waals surface area contributed by atoms with Gasteiger partial charge in [0.2, 0.25) is 0 Å². The van der Waals surface area contributed by atoms with Crippen LogP contribution in [-0.4, -0.2) is 17.8 Å². The second kappa shape index (κ2) is 8.96. The number of nitrogens with one attached hydrogen (secondary N) is 1. The fourth-order valence-corrected chi connectivity index (χ4v) is 0.736. The summed E-state index contributed by atoms with van der Waals surface area (Å²) in [6.45, 7) is 2.01. The molecule has 0 aliphatic heterocycles. The van der Waals surface area contributed by atoms with Gasteiger partial charge in [-0.3, -0.25) is 5.32 Å². The van der Waals surface area contributed by atoms with Crippen LogP contribution in [0.4, 0.5) is 4.79 Å². The van der Waals surface area contributed by atoms with Crippen molar-refractivity contribution in [1.82, 2.24) is 5.32 Å². The van der Waals surface area contributed by atoms with Crippen molar-refractivity contribution in [1.29, 1.82) is 0 Å². The maximum Gasteiger partial charge on any atom is 0.413 e. The van der Waals surface area contributed by atoms with Crippen LogP contribution in [0.25, 0.3) is 0 Å². The zero-order valence-electron chi connectivity index (χ0n) is 8.47. The van der Waals surface area contributed by atoms with Crippen molar-refractivity contribution in [2.75, 3.05) is 6.61 Å². The van der Waals surface area contributed by atoms with Gasteiger partial charge in [-0.1, -0.05) is 36.4 Å². The Balaban J connectivity index is 0.000000280. The predicted octanol–water partition coefficient (Wildman–Crippen LogP) is 1.66. The van der Waals surface area contributed by atoms with Crippen LogP contribution in [0.5, 0.6) is 0 Å². The van der Waals surface area contributed by atoms with Gasteiger partial charge in [-0.15, -0.1) is 0 Å². The molecule has 0 aliphatic rings. The minimum absolute atomic E-state index is 0.0755. The average molecular weight is 226 g/mol. The number of carbonyl (C=O) groups is 1. The van der Waals surface area contributed by atoms with Gasteiger partial charge in [0.25, 0.3) is 0 Å². The van der Waals surface area contributed by atoms with Gasteiger partial charge in [0.1, 0.15) is 0 Å². The quantitative estimate of drug-likeness (QED) is 0.715. The molecule has 0 aromatic heterocycles. The highest BCUT2D eigenvalue weighted by atomic mass is 32.1. The third-order valence-electron chi connectivity index (χ3n) is 1.17. The van der Waals surface area contributed by atoms with E-state index in [1.807, 2.05) is 36.4 Å². The van der Waals surface area contributed by atoms with Crippen LogP contribution < -0.4 is 11.1 Å². The van der Waals surface area contributed by atoms with Gasteiger partial charge in [0.05, 0.1) is 6.61 Å². The first kappa shape index (κ1) is 13.4. The second-order valence-electron chi connectivity index (χ2n) is 2.36. The Morgan fingerprint density at radius 2 is 1.67 bits per heavy atom. The highest BCUT2D eigenvalue weighted by molar-refractivity contribution is 7.80.